The van der Waals surface area contributed by atoms with Gasteiger partial charge in [-0.3, -0.25) is 0 Å². The first-order valence-electron chi connectivity index (χ1n) is 6.59. The van der Waals surface area contributed by atoms with E-state index in [4.69, 9.17) is 0 Å². The van der Waals surface area contributed by atoms with Crippen LogP contribution < -0.4 is 5.32 Å². The lowest BCUT2D eigenvalue weighted by Gasteiger charge is -2.12. The zero-order valence-electron chi connectivity index (χ0n) is 11.4. The van der Waals surface area contributed by atoms with E-state index < -0.39 is 0 Å². The minimum absolute atomic E-state index is 0.197. The molecule has 1 unspecified atom stereocenters. The minimum atomic E-state index is 0.197. The van der Waals surface area contributed by atoms with Gasteiger partial charge >= 0.3 is 0 Å². The normalized spacial score (nSPS) is 11.7. The third-order valence-corrected chi connectivity index (χ3v) is 2.92. The zero-order chi connectivity index (χ0) is 13.5. The molecular weight excluding hydrogens is 234 g/mol. The molecule has 0 saturated heterocycles. The number of benzene rings is 1. The Hall–Kier alpha value is -2.05. The quantitative estimate of drug-likeness (QED) is 0.830. The van der Waals surface area contributed by atoms with Gasteiger partial charge in [-0.15, -0.1) is 11.8 Å². The number of rotatable bonds is 5. The van der Waals surface area contributed by atoms with E-state index in [0.29, 0.717) is 0 Å². The second-order valence-corrected chi connectivity index (χ2v) is 4.26. The van der Waals surface area contributed by atoms with E-state index in [1.807, 2.05) is 48.1 Å². The summed E-state index contributed by atoms with van der Waals surface area (Å²) in [5.74, 6) is 6.06. The molecule has 19 heavy (non-hydrogen) atoms. The fourth-order valence-electron chi connectivity index (χ4n) is 1.98. The highest BCUT2D eigenvalue weighted by atomic mass is 15.3. The molecule has 3 heteroatoms. The van der Waals surface area contributed by atoms with Crippen molar-refractivity contribution in [2.24, 2.45) is 0 Å². The summed E-state index contributed by atoms with van der Waals surface area (Å²) in [6.45, 7) is 4.88. The van der Waals surface area contributed by atoms with Gasteiger partial charge in [-0.25, -0.2) is 4.68 Å². The van der Waals surface area contributed by atoms with E-state index in [1.54, 1.807) is 0 Å². The van der Waals surface area contributed by atoms with Gasteiger partial charge in [-0.1, -0.05) is 25.1 Å². The molecule has 0 spiro atoms. The van der Waals surface area contributed by atoms with Crippen LogP contribution in [0.2, 0.25) is 0 Å². The molecule has 0 radical (unpaired) electrons. The molecule has 0 aliphatic rings. The fraction of sp³-hybridized carbons (Fsp3) is 0.312. The number of nitrogens with zero attached hydrogens (tertiary/aromatic N) is 2. The Labute approximate surface area is 114 Å². The Morgan fingerprint density at radius 1 is 1.26 bits per heavy atom. The van der Waals surface area contributed by atoms with Crippen molar-refractivity contribution in [3.8, 4) is 17.5 Å². The van der Waals surface area contributed by atoms with E-state index >= 15 is 0 Å². The molecular formula is C16H19N3. The summed E-state index contributed by atoms with van der Waals surface area (Å²) in [6, 6.07) is 12.4. The number of hydrogen-bond donors (Lipinski definition) is 1. The van der Waals surface area contributed by atoms with Gasteiger partial charge in [-0.05, 0) is 31.7 Å². The van der Waals surface area contributed by atoms with E-state index in [2.05, 4.69) is 35.2 Å². The van der Waals surface area contributed by atoms with E-state index in [0.717, 1.165) is 24.3 Å². The Bertz CT molecular complexity index is 560. The van der Waals surface area contributed by atoms with Gasteiger partial charge in [0.15, 0.2) is 0 Å². The predicted molar refractivity (Wildman–Crippen MR) is 78.0 cm³/mol. The highest BCUT2D eigenvalue weighted by Crippen LogP contribution is 2.16. The van der Waals surface area contributed by atoms with Gasteiger partial charge in [0, 0.05) is 12.6 Å². The summed E-state index contributed by atoms with van der Waals surface area (Å²) in [4.78, 5) is 0. The van der Waals surface area contributed by atoms with Crippen LogP contribution in [0.25, 0.3) is 5.69 Å². The van der Waals surface area contributed by atoms with Gasteiger partial charge in [0.25, 0.3) is 0 Å². The number of para-hydroxylation sites is 1. The minimum Gasteiger partial charge on any atom is -0.308 e. The summed E-state index contributed by atoms with van der Waals surface area (Å²) in [5.41, 5.74) is 2.11. The van der Waals surface area contributed by atoms with Crippen LogP contribution in [0.3, 0.4) is 0 Å². The molecule has 0 aliphatic heterocycles. The van der Waals surface area contributed by atoms with Gasteiger partial charge in [0.1, 0.15) is 0 Å². The molecule has 3 nitrogen and oxygen atoms in total. The molecule has 0 aliphatic carbocycles. The number of hydrogen-bond acceptors (Lipinski definition) is 2. The summed E-state index contributed by atoms with van der Waals surface area (Å²) in [5, 5.41) is 8.06. The highest BCUT2D eigenvalue weighted by Gasteiger charge is 2.12. The lowest BCUT2D eigenvalue weighted by Crippen LogP contribution is -2.21. The molecule has 1 N–H and O–H groups in total. The maximum Gasteiger partial charge on any atom is 0.0808 e. The largest absolute Gasteiger partial charge is 0.308 e. The third kappa shape index (κ3) is 3.46. The topological polar surface area (TPSA) is 29.9 Å². The Kier molecular flexibility index (Phi) is 4.77. The summed E-state index contributed by atoms with van der Waals surface area (Å²) >= 11 is 0. The molecule has 1 aromatic heterocycles. The van der Waals surface area contributed by atoms with E-state index in [9.17, 15) is 0 Å². The van der Waals surface area contributed by atoms with Gasteiger partial charge in [0.05, 0.1) is 17.4 Å². The van der Waals surface area contributed by atoms with Crippen molar-refractivity contribution in [3.63, 3.8) is 0 Å². The Morgan fingerprint density at radius 3 is 2.74 bits per heavy atom. The van der Waals surface area contributed by atoms with Crippen molar-refractivity contribution in [2.45, 2.75) is 26.3 Å². The zero-order valence-corrected chi connectivity index (χ0v) is 11.4. The van der Waals surface area contributed by atoms with Gasteiger partial charge < -0.3 is 5.32 Å². The maximum absolute atomic E-state index is 4.64. The van der Waals surface area contributed by atoms with E-state index in [1.165, 1.54) is 0 Å². The summed E-state index contributed by atoms with van der Waals surface area (Å²) in [7, 11) is 0. The molecule has 1 aromatic carbocycles. The Morgan fingerprint density at radius 2 is 2.05 bits per heavy atom. The smallest absolute Gasteiger partial charge is 0.0808 e. The molecule has 0 amide bonds. The van der Waals surface area contributed by atoms with Crippen LogP contribution in [-0.4, -0.2) is 16.3 Å². The van der Waals surface area contributed by atoms with Crippen LogP contribution in [-0.2, 0) is 0 Å². The van der Waals surface area contributed by atoms with Gasteiger partial charge in [0.2, 0.25) is 0 Å². The molecule has 0 fully saturated rings. The van der Waals surface area contributed by atoms with Crippen LogP contribution in [0.4, 0.5) is 0 Å². The Balaban J connectivity index is 2.20. The molecule has 0 bridgehead atoms. The van der Waals surface area contributed by atoms with Crippen LogP contribution in [0, 0.1) is 11.8 Å². The number of nitrogens with one attached hydrogen (secondary N) is 1. The molecule has 2 aromatic rings. The average Bonchev–Trinajstić information content (AvgIpc) is 2.94. The van der Waals surface area contributed by atoms with Crippen molar-refractivity contribution < 1.29 is 0 Å². The lowest BCUT2D eigenvalue weighted by molar-refractivity contribution is 0.546. The second kappa shape index (κ2) is 6.77. The van der Waals surface area contributed by atoms with E-state index in [-0.39, 0.29) is 6.04 Å². The van der Waals surface area contributed by atoms with Crippen LogP contribution in [0.15, 0.2) is 42.6 Å². The molecule has 98 valence electrons. The van der Waals surface area contributed by atoms with Crippen molar-refractivity contribution >= 4 is 0 Å². The first-order valence-corrected chi connectivity index (χ1v) is 6.59. The standard InChI is InChI=1S/C16H19N3/c1-3-5-11-15(17-4-2)16-12-13-19(18-16)14-9-7-6-8-10-14/h6-10,12-13,15,17H,4,11H2,1-2H3. The lowest BCUT2D eigenvalue weighted by atomic mass is 10.1. The van der Waals surface area contributed by atoms with Crippen LogP contribution in [0.1, 0.15) is 32.0 Å². The van der Waals surface area contributed by atoms with Gasteiger partial charge in [-0.2, -0.15) is 5.10 Å². The predicted octanol–water partition coefficient (Wildman–Crippen LogP) is 2.94. The monoisotopic (exact) mass is 253 g/mol. The average molecular weight is 253 g/mol. The first-order chi connectivity index (χ1) is 9.35. The molecule has 0 saturated carbocycles. The fourth-order valence-corrected chi connectivity index (χ4v) is 1.98. The SMILES string of the molecule is CC#CCC(NCC)c1ccn(-c2ccccc2)n1. The first kappa shape index (κ1) is 13.4. The molecule has 2 rings (SSSR count). The summed E-state index contributed by atoms with van der Waals surface area (Å²) < 4.78 is 1.90. The summed E-state index contributed by atoms with van der Waals surface area (Å²) in [6.07, 6.45) is 2.78. The van der Waals surface area contributed by atoms with Crippen molar-refractivity contribution in [1.29, 1.82) is 0 Å². The van der Waals surface area contributed by atoms with Crippen molar-refractivity contribution in [3.05, 3.63) is 48.3 Å². The molecule has 1 atom stereocenters. The van der Waals surface area contributed by atoms with Crippen LogP contribution >= 0.6 is 0 Å². The number of aromatic nitrogens is 2. The third-order valence-electron chi connectivity index (χ3n) is 2.92. The van der Waals surface area contributed by atoms with Crippen LogP contribution in [0.5, 0.6) is 0 Å². The van der Waals surface area contributed by atoms with Crippen molar-refractivity contribution in [2.75, 3.05) is 6.54 Å². The van der Waals surface area contributed by atoms with Crippen molar-refractivity contribution in [1.82, 2.24) is 15.1 Å². The second-order valence-electron chi connectivity index (χ2n) is 4.26. The maximum atomic E-state index is 4.64. The highest BCUT2D eigenvalue weighted by molar-refractivity contribution is 5.30. The molecule has 1 heterocycles.